The van der Waals surface area contributed by atoms with Crippen LogP contribution in [-0.4, -0.2) is 22.0 Å². The first kappa shape index (κ1) is 14.5. The molecule has 0 aliphatic carbocycles. The Morgan fingerprint density at radius 3 is 2.14 bits per heavy atom. The second-order valence-corrected chi connectivity index (χ2v) is 4.56. The molecule has 106 valence electrons. The average molecular weight is 282 g/mol. The van der Waals surface area contributed by atoms with Gasteiger partial charge in [0.25, 0.3) is 0 Å². The fourth-order valence-corrected chi connectivity index (χ4v) is 1.82. The molecule has 0 spiro atoms. The normalized spacial score (nSPS) is 10.7. The number of hydrogen-bond acceptors (Lipinski definition) is 3. The summed E-state index contributed by atoms with van der Waals surface area (Å²) < 4.78 is 0. The van der Waals surface area contributed by atoms with Crippen molar-refractivity contribution in [2.75, 3.05) is 0 Å². The van der Waals surface area contributed by atoms with Crippen molar-refractivity contribution in [3.8, 4) is 5.75 Å². The van der Waals surface area contributed by atoms with Gasteiger partial charge in [-0.3, -0.25) is 9.59 Å². The fourth-order valence-electron chi connectivity index (χ4n) is 1.82. The van der Waals surface area contributed by atoms with Gasteiger partial charge in [-0.25, -0.2) is 0 Å². The Bertz CT molecular complexity index is 667. The standard InChI is InChI=1S/C17H14O4/c18-15-8-6-14(7-9-15)16(19)10-5-12-1-3-13(4-2-12)11-17(20)21/h1-10,18H,11H2,(H,20,21)/b10-5+. The van der Waals surface area contributed by atoms with Gasteiger partial charge in [-0.2, -0.15) is 0 Å². The third kappa shape index (κ3) is 4.31. The van der Waals surface area contributed by atoms with Gasteiger partial charge >= 0.3 is 5.97 Å². The number of benzene rings is 2. The minimum Gasteiger partial charge on any atom is -0.508 e. The molecule has 0 saturated carbocycles. The SMILES string of the molecule is O=C(O)Cc1ccc(/C=C/C(=O)c2ccc(O)cc2)cc1. The zero-order chi connectivity index (χ0) is 15.2. The summed E-state index contributed by atoms with van der Waals surface area (Å²) in [7, 11) is 0. The van der Waals surface area contributed by atoms with Gasteiger partial charge in [-0.05, 0) is 41.5 Å². The molecule has 4 nitrogen and oxygen atoms in total. The first-order chi connectivity index (χ1) is 10.0. The Hall–Kier alpha value is -2.88. The second kappa shape index (κ2) is 6.52. The van der Waals surface area contributed by atoms with E-state index in [0.29, 0.717) is 11.1 Å². The molecule has 2 aromatic carbocycles. The quantitative estimate of drug-likeness (QED) is 0.653. The summed E-state index contributed by atoms with van der Waals surface area (Å²) in [6.45, 7) is 0. The summed E-state index contributed by atoms with van der Waals surface area (Å²) in [5.74, 6) is -0.921. The number of carbonyl (C=O) groups is 2. The molecule has 0 atom stereocenters. The van der Waals surface area contributed by atoms with Crippen LogP contribution in [-0.2, 0) is 11.2 Å². The van der Waals surface area contributed by atoms with E-state index in [-0.39, 0.29) is 18.0 Å². The second-order valence-electron chi connectivity index (χ2n) is 4.56. The van der Waals surface area contributed by atoms with Crippen LogP contribution < -0.4 is 0 Å². The molecule has 0 radical (unpaired) electrons. The van der Waals surface area contributed by atoms with Crippen molar-refractivity contribution in [1.82, 2.24) is 0 Å². The van der Waals surface area contributed by atoms with Gasteiger partial charge in [0.2, 0.25) is 0 Å². The number of carbonyl (C=O) groups excluding carboxylic acids is 1. The molecule has 0 aliphatic heterocycles. The van der Waals surface area contributed by atoms with Crippen LogP contribution in [0.15, 0.2) is 54.6 Å². The summed E-state index contributed by atoms with van der Waals surface area (Å²) in [6, 6.07) is 13.0. The molecule has 0 bridgehead atoms. The Kier molecular flexibility index (Phi) is 4.51. The van der Waals surface area contributed by atoms with Crippen molar-refractivity contribution >= 4 is 17.8 Å². The van der Waals surface area contributed by atoms with Crippen LogP contribution in [0.4, 0.5) is 0 Å². The summed E-state index contributed by atoms with van der Waals surface area (Å²) in [6.07, 6.45) is 3.09. The molecule has 2 rings (SSSR count). The van der Waals surface area contributed by atoms with Gasteiger partial charge < -0.3 is 10.2 Å². The van der Waals surface area contributed by atoms with Crippen molar-refractivity contribution in [1.29, 1.82) is 0 Å². The van der Waals surface area contributed by atoms with E-state index in [1.54, 1.807) is 42.5 Å². The number of hydrogen-bond donors (Lipinski definition) is 2. The van der Waals surface area contributed by atoms with Crippen LogP contribution in [0.5, 0.6) is 5.75 Å². The maximum atomic E-state index is 11.9. The Morgan fingerprint density at radius 1 is 0.952 bits per heavy atom. The molecule has 2 N–H and O–H groups in total. The number of allylic oxidation sites excluding steroid dienone is 1. The minimum atomic E-state index is -0.874. The zero-order valence-electron chi connectivity index (χ0n) is 11.2. The lowest BCUT2D eigenvalue weighted by Gasteiger charge is -1.99. The van der Waals surface area contributed by atoms with Crippen molar-refractivity contribution in [3.05, 3.63) is 71.3 Å². The molecule has 0 fully saturated rings. The van der Waals surface area contributed by atoms with Gasteiger partial charge in [0.05, 0.1) is 6.42 Å². The minimum absolute atomic E-state index is 0.0174. The molecular formula is C17H14O4. The number of aliphatic carboxylic acids is 1. The van der Waals surface area contributed by atoms with E-state index in [2.05, 4.69) is 0 Å². The summed E-state index contributed by atoms with van der Waals surface area (Å²) >= 11 is 0. The van der Waals surface area contributed by atoms with Crippen molar-refractivity contribution in [2.24, 2.45) is 0 Å². The van der Waals surface area contributed by atoms with Gasteiger partial charge in [0.15, 0.2) is 5.78 Å². The van der Waals surface area contributed by atoms with Gasteiger partial charge in [0, 0.05) is 5.56 Å². The number of carboxylic acids is 1. The molecule has 21 heavy (non-hydrogen) atoms. The predicted molar refractivity (Wildman–Crippen MR) is 79.3 cm³/mol. The molecule has 0 saturated heterocycles. The molecule has 4 heteroatoms. The van der Waals surface area contributed by atoms with Gasteiger partial charge in [-0.1, -0.05) is 30.3 Å². The van der Waals surface area contributed by atoms with Crippen LogP contribution >= 0.6 is 0 Å². The molecule has 0 unspecified atom stereocenters. The lowest BCUT2D eigenvalue weighted by atomic mass is 10.1. The third-order valence-electron chi connectivity index (χ3n) is 2.91. The molecular weight excluding hydrogens is 268 g/mol. The highest BCUT2D eigenvalue weighted by atomic mass is 16.4. The Balaban J connectivity index is 2.05. The summed E-state index contributed by atoms with van der Waals surface area (Å²) in [5, 5.41) is 17.8. The van der Waals surface area contributed by atoms with E-state index in [1.807, 2.05) is 0 Å². The van der Waals surface area contributed by atoms with Crippen molar-refractivity contribution in [2.45, 2.75) is 6.42 Å². The van der Waals surface area contributed by atoms with E-state index in [1.165, 1.54) is 18.2 Å². The van der Waals surface area contributed by atoms with Crippen LogP contribution in [0.2, 0.25) is 0 Å². The number of aromatic hydroxyl groups is 1. The monoisotopic (exact) mass is 282 g/mol. The van der Waals surface area contributed by atoms with E-state index >= 15 is 0 Å². The number of phenols is 1. The van der Waals surface area contributed by atoms with Crippen LogP contribution in [0.1, 0.15) is 21.5 Å². The molecule has 0 aliphatic rings. The van der Waals surface area contributed by atoms with Gasteiger partial charge in [-0.15, -0.1) is 0 Å². The first-order valence-electron chi connectivity index (χ1n) is 6.37. The maximum absolute atomic E-state index is 11.9. The largest absolute Gasteiger partial charge is 0.508 e. The third-order valence-corrected chi connectivity index (χ3v) is 2.91. The fraction of sp³-hybridized carbons (Fsp3) is 0.0588. The summed E-state index contributed by atoms with van der Waals surface area (Å²) in [5.41, 5.74) is 2.02. The number of phenolic OH excluding ortho intramolecular Hbond substituents is 1. The Labute approximate surface area is 122 Å². The predicted octanol–water partition coefficient (Wildman–Crippen LogP) is 2.92. The van der Waals surface area contributed by atoms with Crippen LogP contribution in [0.3, 0.4) is 0 Å². The van der Waals surface area contributed by atoms with E-state index in [4.69, 9.17) is 10.2 Å². The van der Waals surface area contributed by atoms with E-state index in [9.17, 15) is 9.59 Å². The highest BCUT2D eigenvalue weighted by molar-refractivity contribution is 6.06. The topological polar surface area (TPSA) is 74.6 Å². The number of rotatable bonds is 5. The molecule has 0 amide bonds. The van der Waals surface area contributed by atoms with Crippen molar-refractivity contribution in [3.63, 3.8) is 0 Å². The maximum Gasteiger partial charge on any atom is 0.307 e. The highest BCUT2D eigenvalue weighted by Crippen LogP contribution is 2.12. The van der Waals surface area contributed by atoms with Gasteiger partial charge in [0.1, 0.15) is 5.75 Å². The average Bonchev–Trinajstić information content (AvgIpc) is 2.46. The number of carboxylic acid groups (broad SMARTS) is 1. The molecule has 0 aromatic heterocycles. The van der Waals surface area contributed by atoms with E-state index in [0.717, 1.165) is 5.56 Å². The van der Waals surface area contributed by atoms with Crippen LogP contribution in [0, 0.1) is 0 Å². The molecule has 0 heterocycles. The number of ketones is 1. The van der Waals surface area contributed by atoms with Crippen LogP contribution in [0.25, 0.3) is 6.08 Å². The molecule has 2 aromatic rings. The van der Waals surface area contributed by atoms with E-state index < -0.39 is 5.97 Å². The zero-order valence-corrected chi connectivity index (χ0v) is 11.2. The first-order valence-corrected chi connectivity index (χ1v) is 6.37. The van der Waals surface area contributed by atoms with Crippen molar-refractivity contribution < 1.29 is 19.8 Å². The summed E-state index contributed by atoms with van der Waals surface area (Å²) in [4.78, 5) is 22.5. The smallest absolute Gasteiger partial charge is 0.307 e. The lowest BCUT2D eigenvalue weighted by molar-refractivity contribution is -0.136. The Morgan fingerprint density at radius 2 is 1.57 bits per heavy atom. The lowest BCUT2D eigenvalue weighted by Crippen LogP contribution is -1.99. The highest BCUT2D eigenvalue weighted by Gasteiger charge is 2.02.